The molecule has 0 aliphatic heterocycles. The van der Waals surface area contributed by atoms with E-state index >= 15 is 0 Å². The van der Waals surface area contributed by atoms with Gasteiger partial charge in [0.25, 0.3) is 0 Å². The number of thiol groups is 1. The van der Waals surface area contributed by atoms with E-state index in [9.17, 15) is 0 Å². The van der Waals surface area contributed by atoms with Gasteiger partial charge >= 0.3 is 0 Å². The van der Waals surface area contributed by atoms with Crippen LogP contribution in [0.15, 0.2) is 0 Å². The molecule has 0 saturated carbocycles. The fourth-order valence-corrected chi connectivity index (χ4v) is 1.67. The Morgan fingerprint density at radius 2 is 1.57 bits per heavy atom. The molecule has 0 aliphatic carbocycles. The average Bonchev–Trinajstić information content (AvgIpc) is 2.09. The molecule has 0 saturated heterocycles. The summed E-state index contributed by atoms with van der Waals surface area (Å²) < 4.78 is 0. The van der Waals surface area contributed by atoms with Gasteiger partial charge in [-0.1, -0.05) is 47.5 Å². The zero-order chi connectivity index (χ0) is 9.23. The zero-order valence-corrected chi connectivity index (χ0v) is 9.15. The van der Waals surface area contributed by atoms with Crippen LogP contribution < -0.4 is 5.73 Å². The van der Waals surface area contributed by atoms with Crippen molar-refractivity contribution < 1.29 is 0 Å². The van der Waals surface area contributed by atoms with E-state index in [0.717, 1.165) is 13.0 Å². The lowest BCUT2D eigenvalue weighted by molar-refractivity contribution is 0.590. The maximum Gasteiger partial charge on any atom is 0.00172 e. The largest absolute Gasteiger partial charge is 0.330 e. The minimum Gasteiger partial charge on any atom is -0.330 e. The van der Waals surface area contributed by atoms with Crippen molar-refractivity contribution in [1.82, 2.24) is 0 Å². The van der Waals surface area contributed by atoms with E-state index in [4.69, 9.17) is 5.73 Å². The van der Waals surface area contributed by atoms with Gasteiger partial charge in [-0.15, -0.1) is 0 Å². The number of hydrogen-bond donors (Lipinski definition) is 2. The van der Waals surface area contributed by atoms with Crippen molar-refractivity contribution in [3.05, 3.63) is 0 Å². The van der Waals surface area contributed by atoms with E-state index in [-0.39, 0.29) is 14.9 Å². The van der Waals surface area contributed by atoms with Crippen LogP contribution in [0.1, 0.15) is 66.7 Å². The summed E-state index contributed by atoms with van der Waals surface area (Å²) in [4.78, 5) is 0. The third kappa shape index (κ3) is 14.8. The van der Waals surface area contributed by atoms with Crippen LogP contribution in [0.25, 0.3) is 0 Å². The van der Waals surface area contributed by atoms with Gasteiger partial charge in [-0.25, -0.2) is 0 Å². The number of unbranched alkanes of at least 4 members (excludes halogenated alkanes) is 3. The van der Waals surface area contributed by atoms with Crippen LogP contribution in [0, 0.1) is 0 Å². The Morgan fingerprint density at radius 3 is 2.07 bits per heavy atom. The SMILES string of the molecule is C.C.CCCCCCC(S)CCCN. The Balaban J connectivity index is -0.000000605. The molecule has 2 N–H and O–H groups in total. The van der Waals surface area contributed by atoms with Crippen LogP contribution in [-0.4, -0.2) is 11.8 Å². The minimum absolute atomic E-state index is 0. The van der Waals surface area contributed by atoms with E-state index in [1.807, 2.05) is 0 Å². The second-order valence-corrected chi connectivity index (χ2v) is 4.16. The molecule has 0 aromatic heterocycles. The molecule has 0 aromatic carbocycles. The first-order chi connectivity index (χ1) is 5.81. The summed E-state index contributed by atoms with van der Waals surface area (Å²) >= 11 is 4.51. The zero-order valence-electron chi connectivity index (χ0n) is 8.26. The number of hydrogen-bond acceptors (Lipinski definition) is 2. The van der Waals surface area contributed by atoms with Crippen molar-refractivity contribution in [3.8, 4) is 0 Å². The minimum atomic E-state index is 0. The van der Waals surface area contributed by atoms with Gasteiger partial charge in [0.2, 0.25) is 0 Å². The van der Waals surface area contributed by atoms with Crippen molar-refractivity contribution in [2.75, 3.05) is 6.54 Å². The second-order valence-electron chi connectivity index (χ2n) is 3.43. The topological polar surface area (TPSA) is 26.0 Å². The van der Waals surface area contributed by atoms with Crippen LogP contribution in [-0.2, 0) is 0 Å². The molecule has 14 heavy (non-hydrogen) atoms. The van der Waals surface area contributed by atoms with Gasteiger partial charge < -0.3 is 5.73 Å². The lowest BCUT2D eigenvalue weighted by atomic mass is 10.1. The third-order valence-corrected chi connectivity index (χ3v) is 2.65. The normalized spacial score (nSPS) is 11.4. The van der Waals surface area contributed by atoms with Gasteiger partial charge in [-0.3, -0.25) is 0 Å². The van der Waals surface area contributed by atoms with E-state index in [0.29, 0.717) is 5.25 Å². The molecule has 0 aliphatic rings. The lowest BCUT2D eigenvalue weighted by Gasteiger charge is -2.08. The quantitative estimate of drug-likeness (QED) is 0.465. The van der Waals surface area contributed by atoms with E-state index in [2.05, 4.69) is 19.6 Å². The predicted octanol–water partition coefficient (Wildman–Crippen LogP) is 4.27. The summed E-state index contributed by atoms with van der Waals surface area (Å²) in [5, 5.41) is 0.588. The number of nitrogens with two attached hydrogens (primary N) is 1. The smallest absolute Gasteiger partial charge is 0.00172 e. The Hall–Kier alpha value is 0.310. The van der Waals surface area contributed by atoms with Crippen molar-refractivity contribution in [2.45, 2.75) is 72.0 Å². The van der Waals surface area contributed by atoms with E-state index in [1.54, 1.807) is 0 Å². The molecule has 1 unspecified atom stereocenters. The molecule has 0 heterocycles. The van der Waals surface area contributed by atoms with Crippen molar-refractivity contribution in [2.24, 2.45) is 5.73 Å². The molecule has 0 amide bonds. The Morgan fingerprint density at radius 1 is 1.00 bits per heavy atom. The van der Waals surface area contributed by atoms with Crippen LogP contribution in [0.4, 0.5) is 0 Å². The molecule has 0 rings (SSSR count). The van der Waals surface area contributed by atoms with Crippen molar-refractivity contribution in [3.63, 3.8) is 0 Å². The molecule has 1 nitrogen and oxygen atoms in total. The predicted molar refractivity (Wildman–Crippen MR) is 73.3 cm³/mol. The molecule has 1 atom stereocenters. The maximum absolute atomic E-state index is 5.42. The molecule has 0 fully saturated rings. The molecular weight excluding hydrogens is 190 g/mol. The summed E-state index contributed by atoms with van der Waals surface area (Å²) in [5.41, 5.74) is 5.42. The fourth-order valence-electron chi connectivity index (χ4n) is 1.30. The van der Waals surface area contributed by atoms with Crippen LogP contribution in [0.2, 0.25) is 0 Å². The Labute approximate surface area is 97.3 Å². The highest BCUT2D eigenvalue weighted by Gasteiger charge is 2.00. The summed E-state index contributed by atoms with van der Waals surface area (Å²) in [5.74, 6) is 0. The Bertz CT molecular complexity index is 86.4. The molecule has 0 aromatic rings. The first-order valence-electron chi connectivity index (χ1n) is 5.19. The molecule has 2 heteroatoms. The van der Waals surface area contributed by atoms with Gasteiger partial charge in [0, 0.05) is 5.25 Å². The monoisotopic (exact) mass is 221 g/mol. The molecular formula is C12H31NS. The summed E-state index contributed by atoms with van der Waals surface area (Å²) in [6.07, 6.45) is 8.98. The van der Waals surface area contributed by atoms with Crippen LogP contribution >= 0.6 is 12.6 Å². The molecule has 90 valence electrons. The summed E-state index contributed by atoms with van der Waals surface area (Å²) in [7, 11) is 0. The summed E-state index contributed by atoms with van der Waals surface area (Å²) in [6, 6.07) is 0. The Kier molecular flexibility index (Phi) is 22.3. The van der Waals surface area contributed by atoms with Gasteiger partial charge in [0.1, 0.15) is 0 Å². The third-order valence-electron chi connectivity index (χ3n) is 2.13. The molecule has 0 radical (unpaired) electrons. The van der Waals surface area contributed by atoms with Gasteiger partial charge in [-0.05, 0) is 25.8 Å². The van der Waals surface area contributed by atoms with Gasteiger partial charge in [-0.2, -0.15) is 12.6 Å². The van der Waals surface area contributed by atoms with Crippen molar-refractivity contribution in [1.29, 1.82) is 0 Å². The highest BCUT2D eigenvalue weighted by molar-refractivity contribution is 7.80. The lowest BCUT2D eigenvalue weighted by Crippen LogP contribution is -2.04. The fraction of sp³-hybridized carbons (Fsp3) is 1.00. The molecule has 0 spiro atoms. The van der Waals surface area contributed by atoms with Crippen LogP contribution in [0.3, 0.4) is 0 Å². The van der Waals surface area contributed by atoms with Gasteiger partial charge in [0.05, 0.1) is 0 Å². The summed E-state index contributed by atoms with van der Waals surface area (Å²) in [6.45, 7) is 3.05. The first kappa shape index (κ1) is 19.8. The standard InChI is InChI=1S/C10H23NS.2CH4/c1-2-3-4-5-7-10(12)8-6-9-11;;/h10,12H,2-9,11H2,1H3;2*1H4. The first-order valence-corrected chi connectivity index (χ1v) is 5.71. The second kappa shape index (κ2) is 15.8. The highest BCUT2D eigenvalue weighted by atomic mass is 32.1. The van der Waals surface area contributed by atoms with E-state index < -0.39 is 0 Å². The average molecular weight is 221 g/mol. The van der Waals surface area contributed by atoms with Crippen LogP contribution in [0.5, 0.6) is 0 Å². The van der Waals surface area contributed by atoms with Gasteiger partial charge in [0.15, 0.2) is 0 Å². The maximum atomic E-state index is 5.42. The van der Waals surface area contributed by atoms with Crippen molar-refractivity contribution >= 4 is 12.6 Å². The van der Waals surface area contributed by atoms with E-state index in [1.165, 1.54) is 38.5 Å². The highest BCUT2D eigenvalue weighted by Crippen LogP contribution is 2.13. The molecule has 0 bridgehead atoms. The number of rotatable bonds is 8.